The Morgan fingerprint density at radius 2 is 2.16 bits per heavy atom. The molecule has 0 amide bonds. The van der Waals surface area contributed by atoms with Crippen molar-refractivity contribution in [2.45, 2.75) is 23.8 Å². The molecule has 0 aromatic heterocycles. The first-order valence-electron chi connectivity index (χ1n) is 6.56. The summed E-state index contributed by atoms with van der Waals surface area (Å²) in [6.45, 7) is 2.25. The average Bonchev–Trinajstić information content (AvgIpc) is 2.83. The molecule has 2 fully saturated rings. The molecule has 2 heterocycles. The number of rotatable bonds is 2. The smallest absolute Gasteiger partial charge is 0.243 e. The van der Waals surface area contributed by atoms with Crippen molar-refractivity contribution in [2.75, 3.05) is 19.6 Å². The van der Waals surface area contributed by atoms with Crippen LogP contribution in [0.15, 0.2) is 33.6 Å². The number of nitrogens with one attached hydrogen (secondary N) is 1. The maximum atomic E-state index is 12.6. The summed E-state index contributed by atoms with van der Waals surface area (Å²) in [5, 5.41) is 3.43. The molecule has 0 aliphatic carbocycles. The van der Waals surface area contributed by atoms with E-state index in [1.165, 1.54) is 0 Å². The van der Waals surface area contributed by atoms with Crippen LogP contribution in [0.3, 0.4) is 0 Å². The SMILES string of the molecule is O=S(=O)(c1cccc(Br)c1)N1CC2CCCNC2C1. The number of nitrogens with zero attached hydrogens (tertiary/aromatic N) is 1. The number of hydrogen-bond acceptors (Lipinski definition) is 3. The molecule has 19 heavy (non-hydrogen) atoms. The fraction of sp³-hybridized carbons (Fsp3) is 0.538. The molecule has 0 saturated carbocycles. The van der Waals surface area contributed by atoms with Crippen molar-refractivity contribution in [1.29, 1.82) is 0 Å². The van der Waals surface area contributed by atoms with Crippen LogP contribution >= 0.6 is 15.9 Å². The minimum Gasteiger partial charge on any atom is -0.312 e. The molecule has 1 aromatic carbocycles. The van der Waals surface area contributed by atoms with Crippen molar-refractivity contribution in [3.8, 4) is 0 Å². The van der Waals surface area contributed by atoms with Gasteiger partial charge in [0, 0.05) is 23.6 Å². The number of benzene rings is 1. The Morgan fingerprint density at radius 1 is 1.32 bits per heavy atom. The molecule has 1 aromatic rings. The number of hydrogen-bond donors (Lipinski definition) is 1. The van der Waals surface area contributed by atoms with Crippen LogP contribution in [0.25, 0.3) is 0 Å². The summed E-state index contributed by atoms with van der Waals surface area (Å²) in [5.41, 5.74) is 0. The van der Waals surface area contributed by atoms with E-state index in [-0.39, 0.29) is 0 Å². The van der Waals surface area contributed by atoms with E-state index in [4.69, 9.17) is 0 Å². The van der Waals surface area contributed by atoms with Crippen LogP contribution in [0.4, 0.5) is 0 Å². The van der Waals surface area contributed by atoms with E-state index >= 15 is 0 Å². The van der Waals surface area contributed by atoms with Gasteiger partial charge in [0.1, 0.15) is 0 Å². The fourth-order valence-corrected chi connectivity index (χ4v) is 5.10. The van der Waals surface area contributed by atoms with E-state index in [9.17, 15) is 8.42 Å². The van der Waals surface area contributed by atoms with Crippen molar-refractivity contribution in [2.24, 2.45) is 5.92 Å². The zero-order valence-electron chi connectivity index (χ0n) is 10.5. The Bertz CT molecular complexity index is 562. The summed E-state index contributed by atoms with van der Waals surface area (Å²) in [5.74, 6) is 0.468. The zero-order valence-corrected chi connectivity index (χ0v) is 13.0. The standard InChI is InChI=1S/C13H17BrN2O2S/c14-11-4-1-5-12(7-11)19(17,18)16-8-10-3-2-6-15-13(10)9-16/h1,4-5,7,10,13,15H,2-3,6,8-9H2. The first kappa shape index (κ1) is 13.5. The maximum absolute atomic E-state index is 12.6. The molecule has 3 rings (SSSR count). The second-order valence-corrected chi connectivity index (χ2v) is 8.10. The molecule has 4 nitrogen and oxygen atoms in total. The lowest BCUT2D eigenvalue weighted by Gasteiger charge is -2.24. The topological polar surface area (TPSA) is 49.4 Å². The Kier molecular flexibility index (Phi) is 3.68. The molecular formula is C13H17BrN2O2S. The van der Waals surface area contributed by atoms with Crippen LogP contribution in [0, 0.1) is 5.92 Å². The van der Waals surface area contributed by atoms with Crippen LogP contribution in [0.2, 0.25) is 0 Å². The Labute approximate surface area is 122 Å². The summed E-state index contributed by atoms with van der Waals surface area (Å²) < 4.78 is 27.6. The fourth-order valence-electron chi connectivity index (χ4n) is 2.98. The molecular weight excluding hydrogens is 328 g/mol. The molecule has 6 heteroatoms. The number of sulfonamides is 1. The highest BCUT2D eigenvalue weighted by atomic mass is 79.9. The lowest BCUT2D eigenvalue weighted by atomic mass is 9.94. The highest BCUT2D eigenvalue weighted by Gasteiger charge is 2.40. The molecule has 2 unspecified atom stereocenters. The lowest BCUT2D eigenvalue weighted by Crippen LogP contribution is -2.41. The molecule has 0 spiro atoms. The molecule has 2 aliphatic heterocycles. The van der Waals surface area contributed by atoms with Gasteiger partial charge in [0.05, 0.1) is 4.90 Å². The molecule has 2 saturated heterocycles. The third-order valence-corrected chi connectivity index (χ3v) is 6.32. The number of halogens is 1. The third kappa shape index (κ3) is 2.59. The summed E-state index contributed by atoms with van der Waals surface area (Å²) >= 11 is 3.33. The Morgan fingerprint density at radius 3 is 2.89 bits per heavy atom. The highest BCUT2D eigenvalue weighted by Crippen LogP contribution is 2.30. The summed E-state index contributed by atoms with van der Waals surface area (Å²) in [4.78, 5) is 0.375. The largest absolute Gasteiger partial charge is 0.312 e. The quantitative estimate of drug-likeness (QED) is 0.890. The van der Waals surface area contributed by atoms with E-state index in [0.29, 0.717) is 29.9 Å². The molecule has 1 N–H and O–H groups in total. The maximum Gasteiger partial charge on any atom is 0.243 e. The normalized spacial score (nSPS) is 28.3. The van der Waals surface area contributed by atoms with Crippen molar-refractivity contribution in [3.63, 3.8) is 0 Å². The monoisotopic (exact) mass is 344 g/mol. The van der Waals surface area contributed by atoms with Gasteiger partial charge in [-0.15, -0.1) is 0 Å². The van der Waals surface area contributed by atoms with Crippen molar-refractivity contribution >= 4 is 26.0 Å². The van der Waals surface area contributed by atoms with Gasteiger partial charge in [0.15, 0.2) is 0 Å². The van der Waals surface area contributed by atoms with Crippen LogP contribution in [-0.2, 0) is 10.0 Å². The zero-order chi connectivity index (χ0) is 13.5. The van der Waals surface area contributed by atoms with Crippen molar-refractivity contribution < 1.29 is 8.42 Å². The van der Waals surface area contributed by atoms with E-state index in [0.717, 1.165) is 23.9 Å². The van der Waals surface area contributed by atoms with E-state index < -0.39 is 10.0 Å². The molecule has 0 radical (unpaired) electrons. The summed E-state index contributed by atoms with van der Waals surface area (Å²) in [7, 11) is -3.36. The summed E-state index contributed by atoms with van der Waals surface area (Å²) in [6.07, 6.45) is 2.27. The molecule has 104 valence electrons. The van der Waals surface area contributed by atoms with Crippen LogP contribution in [0.1, 0.15) is 12.8 Å². The lowest BCUT2D eigenvalue weighted by molar-refractivity contribution is 0.339. The highest BCUT2D eigenvalue weighted by molar-refractivity contribution is 9.10. The van der Waals surface area contributed by atoms with Gasteiger partial charge in [-0.25, -0.2) is 8.42 Å². The second kappa shape index (κ2) is 5.16. The minimum absolute atomic E-state index is 0.329. The predicted molar refractivity (Wildman–Crippen MR) is 77.4 cm³/mol. The van der Waals surface area contributed by atoms with Crippen molar-refractivity contribution in [3.05, 3.63) is 28.7 Å². The number of fused-ring (bicyclic) bond motifs is 1. The van der Waals surface area contributed by atoms with E-state index in [1.807, 2.05) is 6.07 Å². The van der Waals surface area contributed by atoms with Gasteiger partial charge in [0.25, 0.3) is 0 Å². The molecule has 0 bridgehead atoms. The first-order chi connectivity index (χ1) is 9.07. The van der Waals surface area contributed by atoms with Crippen molar-refractivity contribution in [1.82, 2.24) is 9.62 Å². The molecule has 2 aliphatic rings. The molecule has 2 atom stereocenters. The van der Waals surface area contributed by atoms with Crippen LogP contribution in [0.5, 0.6) is 0 Å². The van der Waals surface area contributed by atoms with E-state index in [2.05, 4.69) is 21.2 Å². The van der Waals surface area contributed by atoms with Gasteiger partial charge in [-0.2, -0.15) is 4.31 Å². The van der Waals surface area contributed by atoms with Crippen LogP contribution in [-0.4, -0.2) is 38.4 Å². The van der Waals surface area contributed by atoms with Gasteiger partial charge in [-0.3, -0.25) is 0 Å². The first-order valence-corrected chi connectivity index (χ1v) is 8.80. The van der Waals surface area contributed by atoms with Gasteiger partial charge in [-0.05, 0) is 43.5 Å². The van der Waals surface area contributed by atoms with Crippen LogP contribution < -0.4 is 5.32 Å². The summed E-state index contributed by atoms with van der Waals surface area (Å²) in [6, 6.07) is 7.26. The van der Waals surface area contributed by atoms with Gasteiger partial charge in [-0.1, -0.05) is 22.0 Å². The number of piperidine rings is 1. The Hall–Kier alpha value is -0.430. The minimum atomic E-state index is -3.36. The predicted octanol–water partition coefficient (Wildman–Crippen LogP) is 1.82. The van der Waals surface area contributed by atoms with Gasteiger partial charge < -0.3 is 5.32 Å². The third-order valence-electron chi connectivity index (χ3n) is 4.00. The van der Waals surface area contributed by atoms with Gasteiger partial charge >= 0.3 is 0 Å². The average molecular weight is 345 g/mol. The van der Waals surface area contributed by atoms with Gasteiger partial charge in [0.2, 0.25) is 10.0 Å². The second-order valence-electron chi connectivity index (χ2n) is 5.24. The Balaban J connectivity index is 1.85. The van der Waals surface area contributed by atoms with E-state index in [1.54, 1.807) is 22.5 Å².